The standard InChI is InChI=1S/C22H30N4O/c1-15-12-21(25-22(23-15)24-20-6-4-3-5-7-20)26-11-10-18-13-17(16(2)27)8-9-19(18)14-26/h8-9,12-13,16,20,27H,3-7,10-11,14H2,1-2H3,(H,23,24,25)/t16-/m0/s1. The summed E-state index contributed by atoms with van der Waals surface area (Å²) in [5.41, 5.74) is 4.67. The quantitative estimate of drug-likeness (QED) is 0.851. The second kappa shape index (κ2) is 7.85. The molecule has 2 aromatic rings. The average molecular weight is 367 g/mol. The van der Waals surface area contributed by atoms with Crippen molar-refractivity contribution >= 4 is 11.8 Å². The number of hydrogen-bond acceptors (Lipinski definition) is 5. The predicted octanol–water partition coefficient (Wildman–Crippen LogP) is 4.15. The molecule has 5 heteroatoms. The van der Waals surface area contributed by atoms with Crippen LogP contribution >= 0.6 is 0 Å². The van der Waals surface area contributed by atoms with Gasteiger partial charge in [-0.1, -0.05) is 37.5 Å². The lowest BCUT2D eigenvalue weighted by Gasteiger charge is -2.31. The van der Waals surface area contributed by atoms with Gasteiger partial charge in [0.05, 0.1) is 6.10 Å². The number of aliphatic hydroxyl groups is 1. The molecule has 2 N–H and O–H groups in total. The molecule has 0 spiro atoms. The van der Waals surface area contributed by atoms with Gasteiger partial charge in [-0.15, -0.1) is 0 Å². The lowest BCUT2D eigenvalue weighted by molar-refractivity contribution is 0.199. The topological polar surface area (TPSA) is 61.3 Å². The molecule has 1 aromatic carbocycles. The summed E-state index contributed by atoms with van der Waals surface area (Å²) in [6.07, 6.45) is 6.95. The first-order valence-electron chi connectivity index (χ1n) is 10.3. The van der Waals surface area contributed by atoms with Gasteiger partial charge >= 0.3 is 0 Å². The minimum absolute atomic E-state index is 0.411. The van der Waals surface area contributed by atoms with Gasteiger partial charge in [0.25, 0.3) is 0 Å². The van der Waals surface area contributed by atoms with Crippen LogP contribution in [0.5, 0.6) is 0 Å². The van der Waals surface area contributed by atoms with E-state index in [1.165, 1.54) is 43.2 Å². The second-order valence-corrected chi connectivity index (χ2v) is 8.05. The first-order chi connectivity index (χ1) is 13.1. The van der Waals surface area contributed by atoms with Gasteiger partial charge in [-0.3, -0.25) is 0 Å². The highest BCUT2D eigenvalue weighted by Gasteiger charge is 2.20. The van der Waals surface area contributed by atoms with Crippen molar-refractivity contribution in [2.24, 2.45) is 0 Å². The first-order valence-corrected chi connectivity index (χ1v) is 10.3. The number of benzene rings is 1. The highest BCUT2D eigenvalue weighted by molar-refractivity contribution is 5.49. The highest BCUT2D eigenvalue weighted by atomic mass is 16.3. The maximum atomic E-state index is 9.82. The molecule has 1 aromatic heterocycles. The highest BCUT2D eigenvalue weighted by Crippen LogP contribution is 2.27. The zero-order valence-corrected chi connectivity index (χ0v) is 16.4. The van der Waals surface area contributed by atoms with Crippen molar-refractivity contribution in [3.05, 3.63) is 46.6 Å². The van der Waals surface area contributed by atoms with Gasteiger partial charge in [0.2, 0.25) is 5.95 Å². The van der Waals surface area contributed by atoms with Crippen LogP contribution in [0.3, 0.4) is 0 Å². The SMILES string of the molecule is Cc1cc(N2CCc3cc([C@H](C)O)ccc3C2)nc(NC2CCCCC2)n1. The molecule has 144 valence electrons. The van der Waals surface area contributed by atoms with E-state index in [4.69, 9.17) is 4.98 Å². The Morgan fingerprint density at radius 1 is 1.11 bits per heavy atom. The van der Waals surface area contributed by atoms with E-state index in [9.17, 15) is 5.11 Å². The monoisotopic (exact) mass is 366 g/mol. The zero-order chi connectivity index (χ0) is 18.8. The van der Waals surface area contributed by atoms with E-state index in [2.05, 4.69) is 33.4 Å². The van der Waals surface area contributed by atoms with Gasteiger partial charge in [0.1, 0.15) is 5.82 Å². The summed E-state index contributed by atoms with van der Waals surface area (Å²) < 4.78 is 0. The largest absolute Gasteiger partial charge is 0.389 e. The fourth-order valence-corrected chi connectivity index (χ4v) is 4.24. The van der Waals surface area contributed by atoms with Crippen molar-refractivity contribution in [1.29, 1.82) is 0 Å². The Morgan fingerprint density at radius 3 is 2.70 bits per heavy atom. The van der Waals surface area contributed by atoms with Crippen molar-refractivity contribution in [1.82, 2.24) is 9.97 Å². The van der Waals surface area contributed by atoms with Crippen LogP contribution in [0, 0.1) is 6.92 Å². The molecule has 1 saturated carbocycles. The number of aromatic nitrogens is 2. The molecular weight excluding hydrogens is 336 g/mol. The molecule has 27 heavy (non-hydrogen) atoms. The molecular formula is C22H30N4O. The van der Waals surface area contributed by atoms with E-state index in [1.807, 2.05) is 19.9 Å². The molecule has 1 aliphatic carbocycles. The van der Waals surface area contributed by atoms with Crippen LogP contribution in [0.1, 0.15) is 67.5 Å². The van der Waals surface area contributed by atoms with Crippen molar-refractivity contribution in [2.75, 3.05) is 16.8 Å². The molecule has 0 amide bonds. The Labute approximate surface area is 161 Å². The Balaban J connectivity index is 1.51. The summed E-state index contributed by atoms with van der Waals surface area (Å²) in [4.78, 5) is 11.8. The van der Waals surface area contributed by atoms with Crippen molar-refractivity contribution < 1.29 is 5.11 Å². The number of fused-ring (bicyclic) bond motifs is 1. The molecule has 5 nitrogen and oxygen atoms in total. The number of nitrogens with zero attached hydrogens (tertiary/aromatic N) is 3. The fraction of sp³-hybridized carbons (Fsp3) is 0.545. The van der Waals surface area contributed by atoms with E-state index >= 15 is 0 Å². The summed E-state index contributed by atoms with van der Waals surface area (Å²) in [5.74, 6) is 1.78. The van der Waals surface area contributed by atoms with Crippen molar-refractivity contribution in [3.63, 3.8) is 0 Å². The molecule has 2 heterocycles. The predicted molar refractivity (Wildman–Crippen MR) is 109 cm³/mol. The lowest BCUT2D eigenvalue weighted by Crippen LogP contribution is -2.32. The summed E-state index contributed by atoms with van der Waals surface area (Å²) in [5, 5.41) is 13.4. The molecule has 0 bridgehead atoms. The summed E-state index contributed by atoms with van der Waals surface area (Å²) >= 11 is 0. The number of nitrogens with one attached hydrogen (secondary N) is 1. The summed E-state index contributed by atoms with van der Waals surface area (Å²) in [7, 11) is 0. The van der Waals surface area contributed by atoms with Gasteiger partial charge < -0.3 is 15.3 Å². The van der Waals surface area contributed by atoms with Crippen LogP contribution in [0.25, 0.3) is 0 Å². The zero-order valence-electron chi connectivity index (χ0n) is 16.4. The Morgan fingerprint density at radius 2 is 1.93 bits per heavy atom. The van der Waals surface area contributed by atoms with E-state index in [0.717, 1.165) is 42.5 Å². The smallest absolute Gasteiger partial charge is 0.225 e. The van der Waals surface area contributed by atoms with E-state index < -0.39 is 6.10 Å². The lowest BCUT2D eigenvalue weighted by atomic mass is 9.95. The first kappa shape index (κ1) is 18.2. The second-order valence-electron chi connectivity index (χ2n) is 8.05. The van der Waals surface area contributed by atoms with Crippen LogP contribution in [0.2, 0.25) is 0 Å². The fourth-order valence-electron chi connectivity index (χ4n) is 4.24. The summed E-state index contributed by atoms with van der Waals surface area (Å²) in [6.45, 7) is 5.66. The molecule has 0 radical (unpaired) electrons. The van der Waals surface area contributed by atoms with Gasteiger partial charge in [0.15, 0.2) is 0 Å². The molecule has 0 saturated heterocycles. The normalized spacial score (nSPS) is 18.9. The van der Waals surface area contributed by atoms with Gasteiger partial charge in [-0.25, -0.2) is 4.98 Å². The van der Waals surface area contributed by atoms with Crippen LogP contribution in [0.15, 0.2) is 24.3 Å². The van der Waals surface area contributed by atoms with E-state index in [-0.39, 0.29) is 0 Å². The summed E-state index contributed by atoms with van der Waals surface area (Å²) in [6, 6.07) is 8.93. The van der Waals surface area contributed by atoms with Crippen LogP contribution in [0.4, 0.5) is 11.8 Å². The number of rotatable bonds is 4. The average Bonchev–Trinajstić information content (AvgIpc) is 2.67. The van der Waals surface area contributed by atoms with Gasteiger partial charge in [-0.05, 0) is 49.8 Å². The third-order valence-corrected chi connectivity index (χ3v) is 5.83. The van der Waals surface area contributed by atoms with Crippen LogP contribution < -0.4 is 10.2 Å². The van der Waals surface area contributed by atoms with Crippen LogP contribution in [-0.4, -0.2) is 27.7 Å². The third kappa shape index (κ3) is 4.24. The third-order valence-electron chi connectivity index (χ3n) is 5.83. The van der Waals surface area contributed by atoms with E-state index in [0.29, 0.717) is 6.04 Å². The Hall–Kier alpha value is -2.14. The Bertz CT molecular complexity index is 799. The number of aryl methyl sites for hydroxylation is 1. The molecule has 1 fully saturated rings. The molecule has 1 atom stereocenters. The maximum absolute atomic E-state index is 9.82. The van der Waals surface area contributed by atoms with Gasteiger partial charge in [-0.2, -0.15) is 4.98 Å². The number of anilines is 2. The molecule has 0 unspecified atom stereocenters. The van der Waals surface area contributed by atoms with E-state index in [1.54, 1.807) is 0 Å². The van der Waals surface area contributed by atoms with Crippen LogP contribution in [-0.2, 0) is 13.0 Å². The molecule has 4 rings (SSSR count). The van der Waals surface area contributed by atoms with Crippen molar-refractivity contribution in [2.45, 2.75) is 71.1 Å². The molecule has 2 aliphatic rings. The van der Waals surface area contributed by atoms with Crippen molar-refractivity contribution in [3.8, 4) is 0 Å². The number of aliphatic hydroxyl groups excluding tert-OH is 1. The number of hydrogen-bond donors (Lipinski definition) is 2. The minimum atomic E-state index is -0.411. The molecule has 1 aliphatic heterocycles. The maximum Gasteiger partial charge on any atom is 0.225 e. The van der Waals surface area contributed by atoms with Gasteiger partial charge in [0, 0.05) is 30.9 Å². The minimum Gasteiger partial charge on any atom is -0.389 e. The Kier molecular flexibility index (Phi) is 5.30.